The third-order valence-corrected chi connectivity index (χ3v) is 8.08. The van der Waals surface area contributed by atoms with Gasteiger partial charge in [-0.05, 0) is 24.6 Å². The molecule has 1 N–H and O–H groups in total. The fraction of sp³-hybridized carbons (Fsp3) is 0.304. The molecule has 0 unspecified atom stereocenters. The Morgan fingerprint density at radius 2 is 1.91 bits per heavy atom. The van der Waals surface area contributed by atoms with E-state index in [0.717, 1.165) is 16.1 Å². The maximum Gasteiger partial charge on any atom is 0.246 e. The van der Waals surface area contributed by atoms with Gasteiger partial charge < -0.3 is 14.8 Å². The van der Waals surface area contributed by atoms with Crippen LogP contribution >= 0.6 is 11.3 Å². The third kappa shape index (κ3) is 5.25. The molecule has 4 rings (SSSR count). The number of hydrogen-bond donors (Lipinski definition) is 1. The second kappa shape index (κ2) is 10.0. The summed E-state index contributed by atoms with van der Waals surface area (Å²) in [6.07, 6.45) is 0.00885. The third-order valence-electron chi connectivity index (χ3n) is 5.27. The maximum atomic E-state index is 13.2. The van der Waals surface area contributed by atoms with Crippen molar-refractivity contribution in [3.8, 4) is 17.0 Å². The largest absolute Gasteiger partial charge is 0.495 e. The molecule has 0 atom stereocenters. The highest BCUT2D eigenvalue weighted by atomic mass is 32.2. The number of thiazole rings is 1. The monoisotopic (exact) mass is 487 g/mol. The van der Waals surface area contributed by atoms with E-state index < -0.39 is 10.0 Å². The van der Waals surface area contributed by atoms with Crippen molar-refractivity contribution in [2.75, 3.05) is 38.7 Å². The van der Waals surface area contributed by atoms with Crippen LogP contribution < -0.4 is 10.1 Å². The zero-order chi connectivity index (χ0) is 23.4. The van der Waals surface area contributed by atoms with Gasteiger partial charge in [-0.3, -0.25) is 4.79 Å². The topological polar surface area (TPSA) is 97.8 Å². The van der Waals surface area contributed by atoms with E-state index in [1.165, 1.54) is 28.8 Å². The summed E-state index contributed by atoms with van der Waals surface area (Å²) >= 11 is 1.40. The van der Waals surface area contributed by atoms with Crippen molar-refractivity contribution < 1.29 is 22.7 Å². The first-order chi connectivity index (χ1) is 15.9. The molecule has 174 valence electrons. The Balaban J connectivity index is 1.51. The second-order valence-corrected chi connectivity index (χ2v) is 10.6. The number of anilines is 1. The smallest absolute Gasteiger partial charge is 0.246 e. The number of amides is 1. The second-order valence-electron chi connectivity index (χ2n) is 7.52. The van der Waals surface area contributed by atoms with Crippen molar-refractivity contribution >= 4 is 32.4 Å². The lowest BCUT2D eigenvalue weighted by Crippen LogP contribution is -2.40. The van der Waals surface area contributed by atoms with Crippen LogP contribution in [0.15, 0.2) is 53.4 Å². The predicted molar refractivity (Wildman–Crippen MR) is 127 cm³/mol. The molecule has 8 nitrogen and oxygen atoms in total. The normalized spacial score (nSPS) is 14.7. The van der Waals surface area contributed by atoms with Gasteiger partial charge in [0.15, 0.2) is 5.13 Å². The van der Waals surface area contributed by atoms with E-state index in [0.29, 0.717) is 23.9 Å². The lowest BCUT2D eigenvalue weighted by Gasteiger charge is -2.26. The Bertz CT molecular complexity index is 1240. The molecule has 33 heavy (non-hydrogen) atoms. The van der Waals surface area contributed by atoms with Gasteiger partial charge in [0.25, 0.3) is 0 Å². The fourth-order valence-corrected chi connectivity index (χ4v) is 6.09. The number of carbonyl (C=O) groups is 1. The Morgan fingerprint density at radius 3 is 2.61 bits per heavy atom. The number of morpholine rings is 1. The van der Waals surface area contributed by atoms with Crippen LogP contribution in [0.2, 0.25) is 0 Å². The Labute approximate surface area is 197 Å². The van der Waals surface area contributed by atoms with E-state index in [-0.39, 0.29) is 36.1 Å². The van der Waals surface area contributed by atoms with Crippen molar-refractivity contribution in [2.45, 2.75) is 18.2 Å². The van der Waals surface area contributed by atoms with Crippen LogP contribution in [-0.4, -0.2) is 57.0 Å². The first-order valence-electron chi connectivity index (χ1n) is 10.5. The highest BCUT2D eigenvalue weighted by molar-refractivity contribution is 7.89. The standard InChI is InChI=1S/C23H25N3O5S2/c1-16-22(18-6-4-3-5-7-18)25-23(32-16)24-21(27)15-17-8-9-19(30-2)20(14-17)33(28,29)26-10-12-31-13-11-26/h3-9,14H,10-13,15H2,1-2H3,(H,24,25,27). The van der Waals surface area contributed by atoms with Crippen LogP contribution in [0.3, 0.4) is 0 Å². The summed E-state index contributed by atoms with van der Waals surface area (Å²) in [5.74, 6) is -0.0306. The molecule has 1 saturated heterocycles. The summed E-state index contributed by atoms with van der Waals surface area (Å²) in [5, 5.41) is 3.34. The molecule has 3 aromatic rings. The van der Waals surface area contributed by atoms with Crippen molar-refractivity contribution in [2.24, 2.45) is 0 Å². The van der Waals surface area contributed by atoms with E-state index in [2.05, 4.69) is 10.3 Å². The number of aryl methyl sites for hydroxylation is 1. The number of nitrogens with one attached hydrogen (secondary N) is 1. The molecule has 0 bridgehead atoms. The molecule has 1 aliphatic rings. The lowest BCUT2D eigenvalue weighted by atomic mass is 10.1. The lowest BCUT2D eigenvalue weighted by molar-refractivity contribution is -0.115. The Hall–Kier alpha value is -2.79. The van der Waals surface area contributed by atoms with Crippen LogP contribution in [0.4, 0.5) is 5.13 Å². The number of aromatic nitrogens is 1. The van der Waals surface area contributed by atoms with Gasteiger partial charge in [0.1, 0.15) is 10.6 Å². The number of sulfonamides is 1. The molecule has 0 spiro atoms. The van der Waals surface area contributed by atoms with Gasteiger partial charge in [0.05, 0.1) is 32.4 Å². The van der Waals surface area contributed by atoms with Crippen LogP contribution in [0, 0.1) is 6.92 Å². The molecule has 2 aromatic carbocycles. The summed E-state index contributed by atoms with van der Waals surface area (Å²) in [5.41, 5.74) is 2.38. The van der Waals surface area contributed by atoms with E-state index >= 15 is 0 Å². The molecule has 10 heteroatoms. The van der Waals surface area contributed by atoms with Gasteiger partial charge in [0, 0.05) is 23.5 Å². The molecule has 0 saturated carbocycles. The Kier molecular flexibility index (Phi) is 7.08. The number of methoxy groups -OCH3 is 1. The van der Waals surface area contributed by atoms with E-state index in [9.17, 15) is 13.2 Å². The van der Waals surface area contributed by atoms with Gasteiger partial charge >= 0.3 is 0 Å². The van der Waals surface area contributed by atoms with Gasteiger partial charge in [0.2, 0.25) is 15.9 Å². The molecule has 0 aliphatic carbocycles. The average molecular weight is 488 g/mol. The first-order valence-corrected chi connectivity index (χ1v) is 12.7. The maximum absolute atomic E-state index is 13.2. The summed E-state index contributed by atoms with van der Waals surface area (Å²) < 4.78 is 38.2. The molecule has 1 aliphatic heterocycles. The number of rotatable bonds is 7. The number of ether oxygens (including phenoxy) is 2. The van der Waals surface area contributed by atoms with Crippen molar-refractivity contribution in [3.63, 3.8) is 0 Å². The van der Waals surface area contributed by atoms with Crippen molar-refractivity contribution in [1.29, 1.82) is 0 Å². The van der Waals surface area contributed by atoms with Crippen LogP contribution in [0.5, 0.6) is 5.75 Å². The molecular formula is C23H25N3O5S2. The molecule has 2 heterocycles. The summed E-state index contributed by atoms with van der Waals surface area (Å²) in [4.78, 5) is 18.3. The average Bonchev–Trinajstić information content (AvgIpc) is 3.19. The van der Waals surface area contributed by atoms with Crippen molar-refractivity contribution in [1.82, 2.24) is 9.29 Å². The van der Waals surface area contributed by atoms with Crippen LogP contribution in [0.1, 0.15) is 10.4 Å². The van der Waals surface area contributed by atoms with E-state index in [4.69, 9.17) is 9.47 Å². The molecule has 0 radical (unpaired) electrons. The van der Waals surface area contributed by atoms with Crippen LogP contribution in [-0.2, 0) is 26.0 Å². The van der Waals surface area contributed by atoms with Gasteiger partial charge in [-0.1, -0.05) is 36.4 Å². The minimum absolute atomic E-state index is 0.00885. The molecular weight excluding hydrogens is 462 g/mol. The minimum Gasteiger partial charge on any atom is -0.495 e. The predicted octanol–water partition coefficient (Wildman–Crippen LogP) is 3.33. The SMILES string of the molecule is COc1ccc(CC(=O)Nc2nc(-c3ccccc3)c(C)s2)cc1S(=O)(=O)N1CCOCC1. The zero-order valence-electron chi connectivity index (χ0n) is 18.4. The van der Waals surface area contributed by atoms with Gasteiger partial charge in [-0.25, -0.2) is 13.4 Å². The minimum atomic E-state index is -3.77. The summed E-state index contributed by atoms with van der Waals surface area (Å²) in [7, 11) is -2.34. The highest BCUT2D eigenvalue weighted by Gasteiger charge is 2.29. The van der Waals surface area contributed by atoms with E-state index in [1.807, 2.05) is 37.3 Å². The number of carbonyl (C=O) groups excluding carboxylic acids is 1. The van der Waals surface area contributed by atoms with Gasteiger partial charge in [-0.15, -0.1) is 11.3 Å². The van der Waals surface area contributed by atoms with Gasteiger partial charge in [-0.2, -0.15) is 4.31 Å². The van der Waals surface area contributed by atoms with E-state index in [1.54, 1.807) is 12.1 Å². The zero-order valence-corrected chi connectivity index (χ0v) is 20.0. The molecule has 1 amide bonds. The quantitative estimate of drug-likeness (QED) is 0.549. The fourth-order valence-electron chi connectivity index (χ4n) is 3.62. The van der Waals surface area contributed by atoms with Crippen molar-refractivity contribution in [3.05, 3.63) is 59.0 Å². The summed E-state index contributed by atoms with van der Waals surface area (Å²) in [6, 6.07) is 14.6. The number of benzene rings is 2. The molecule has 1 aromatic heterocycles. The van der Waals surface area contributed by atoms with Crippen LogP contribution in [0.25, 0.3) is 11.3 Å². The number of hydrogen-bond acceptors (Lipinski definition) is 7. The number of nitrogens with zero attached hydrogens (tertiary/aromatic N) is 2. The summed E-state index contributed by atoms with van der Waals surface area (Å²) in [6.45, 7) is 3.22. The Morgan fingerprint density at radius 1 is 1.18 bits per heavy atom. The molecule has 1 fully saturated rings. The first kappa shape index (κ1) is 23.4. The highest BCUT2D eigenvalue weighted by Crippen LogP contribution is 2.31.